The van der Waals surface area contributed by atoms with Crippen LogP contribution >= 0.6 is 0 Å². The first-order valence-electron chi connectivity index (χ1n) is 14.0. The minimum atomic E-state index is -0.997. The first-order valence-corrected chi connectivity index (χ1v) is 14.0. The third-order valence-electron chi connectivity index (χ3n) is 7.02. The summed E-state index contributed by atoms with van der Waals surface area (Å²) in [5.74, 6) is -0.353. The second-order valence-electron chi connectivity index (χ2n) is 9.77. The molecular formula is C34H35N3O6. The predicted octanol–water partition coefficient (Wildman–Crippen LogP) is 5.59. The number of hydrogen-bond acceptors (Lipinski definition) is 6. The van der Waals surface area contributed by atoms with Gasteiger partial charge < -0.3 is 24.4 Å². The Hall–Kier alpha value is -5.18. The summed E-state index contributed by atoms with van der Waals surface area (Å²) in [5, 5.41) is 9.41. The van der Waals surface area contributed by atoms with Gasteiger partial charge in [0.2, 0.25) is 0 Å². The Morgan fingerprint density at radius 1 is 0.837 bits per heavy atom. The SMILES string of the molecule is CCOc1ccc(CCN(CCC(=O)O)C(=O)c2ccccc2-c2ccccc2C(=O)N(C)c2cccnc2)cc1OC. The van der Waals surface area contributed by atoms with Crippen molar-refractivity contribution in [3.05, 3.63) is 108 Å². The number of anilines is 1. The summed E-state index contributed by atoms with van der Waals surface area (Å²) in [7, 11) is 3.25. The van der Waals surface area contributed by atoms with Crippen LogP contribution in [0.25, 0.3) is 11.1 Å². The van der Waals surface area contributed by atoms with E-state index in [0.717, 1.165) is 5.56 Å². The molecule has 4 aromatic rings. The van der Waals surface area contributed by atoms with Gasteiger partial charge in [-0.25, -0.2) is 0 Å². The zero-order valence-corrected chi connectivity index (χ0v) is 24.5. The number of carbonyl (C=O) groups is 3. The van der Waals surface area contributed by atoms with Crippen molar-refractivity contribution in [1.29, 1.82) is 0 Å². The zero-order valence-electron chi connectivity index (χ0n) is 24.5. The lowest BCUT2D eigenvalue weighted by atomic mass is 9.94. The summed E-state index contributed by atoms with van der Waals surface area (Å²) in [6, 6.07) is 23.4. The van der Waals surface area contributed by atoms with Crippen LogP contribution in [0.1, 0.15) is 39.6 Å². The molecule has 43 heavy (non-hydrogen) atoms. The Labute approximate surface area is 251 Å². The third kappa shape index (κ3) is 7.56. The number of rotatable bonds is 13. The minimum absolute atomic E-state index is 0.0288. The Morgan fingerprint density at radius 3 is 2.12 bits per heavy atom. The minimum Gasteiger partial charge on any atom is -0.493 e. The molecule has 0 aliphatic heterocycles. The molecule has 3 aromatic carbocycles. The molecular weight excluding hydrogens is 546 g/mol. The molecule has 9 heteroatoms. The van der Waals surface area contributed by atoms with Crippen LogP contribution in [0.2, 0.25) is 0 Å². The van der Waals surface area contributed by atoms with Crippen molar-refractivity contribution in [3.8, 4) is 22.6 Å². The molecule has 0 unspecified atom stereocenters. The number of methoxy groups -OCH3 is 1. The highest BCUT2D eigenvalue weighted by molar-refractivity contribution is 6.11. The van der Waals surface area contributed by atoms with Crippen LogP contribution in [0.3, 0.4) is 0 Å². The van der Waals surface area contributed by atoms with Crippen LogP contribution in [0.4, 0.5) is 5.69 Å². The molecule has 0 radical (unpaired) electrons. The van der Waals surface area contributed by atoms with Gasteiger partial charge in [-0.05, 0) is 66.4 Å². The molecule has 0 aliphatic carbocycles. The predicted molar refractivity (Wildman–Crippen MR) is 165 cm³/mol. The van der Waals surface area contributed by atoms with Gasteiger partial charge in [0.05, 0.1) is 32.0 Å². The van der Waals surface area contributed by atoms with Gasteiger partial charge in [-0.3, -0.25) is 19.4 Å². The van der Waals surface area contributed by atoms with E-state index in [-0.39, 0.29) is 31.3 Å². The average molecular weight is 582 g/mol. The van der Waals surface area contributed by atoms with Crippen LogP contribution in [0.15, 0.2) is 91.3 Å². The normalized spacial score (nSPS) is 10.6. The van der Waals surface area contributed by atoms with Crippen molar-refractivity contribution < 1.29 is 29.0 Å². The van der Waals surface area contributed by atoms with E-state index in [1.807, 2.05) is 43.3 Å². The molecule has 0 atom stereocenters. The van der Waals surface area contributed by atoms with Crippen LogP contribution < -0.4 is 14.4 Å². The smallest absolute Gasteiger partial charge is 0.305 e. The maximum Gasteiger partial charge on any atom is 0.305 e. The van der Waals surface area contributed by atoms with Crippen molar-refractivity contribution in [1.82, 2.24) is 9.88 Å². The van der Waals surface area contributed by atoms with E-state index in [2.05, 4.69) is 4.98 Å². The van der Waals surface area contributed by atoms with Crippen molar-refractivity contribution in [2.45, 2.75) is 19.8 Å². The Morgan fingerprint density at radius 2 is 1.51 bits per heavy atom. The molecule has 0 saturated carbocycles. The van der Waals surface area contributed by atoms with E-state index in [1.165, 1.54) is 4.90 Å². The first-order chi connectivity index (χ1) is 20.8. The van der Waals surface area contributed by atoms with Gasteiger partial charge in [-0.15, -0.1) is 0 Å². The summed E-state index contributed by atoms with van der Waals surface area (Å²) in [4.78, 5) is 46.3. The standard InChI is InChI=1S/C34H35N3O6/c1-4-43-30-16-15-24(22-31(30)42-3)17-20-37(21-18-32(38)39)34(41)29-14-8-6-12-27(29)26-11-5-7-13-28(26)33(40)36(2)25-10-9-19-35-23-25/h5-16,19,22-23H,4,17-18,20-21H2,1-3H3,(H,38,39). The number of hydrogen-bond donors (Lipinski definition) is 1. The van der Waals surface area contributed by atoms with E-state index in [0.29, 0.717) is 52.5 Å². The maximum atomic E-state index is 14.1. The third-order valence-corrected chi connectivity index (χ3v) is 7.02. The summed E-state index contributed by atoms with van der Waals surface area (Å²) < 4.78 is 11.1. The molecule has 0 aliphatic rings. The molecule has 2 amide bonds. The Kier molecular flexibility index (Phi) is 10.5. The van der Waals surface area contributed by atoms with Crippen LogP contribution in [0.5, 0.6) is 11.5 Å². The number of nitrogens with zero attached hydrogens (tertiary/aromatic N) is 3. The van der Waals surface area contributed by atoms with E-state index in [9.17, 15) is 19.5 Å². The van der Waals surface area contributed by atoms with Gasteiger partial charge in [-0.2, -0.15) is 0 Å². The number of benzene rings is 3. The van der Waals surface area contributed by atoms with Gasteiger partial charge in [0.1, 0.15) is 0 Å². The van der Waals surface area contributed by atoms with E-state index < -0.39 is 5.97 Å². The number of ether oxygens (including phenoxy) is 2. The number of pyridine rings is 1. The van der Waals surface area contributed by atoms with Gasteiger partial charge in [0.25, 0.3) is 11.8 Å². The number of amides is 2. The highest BCUT2D eigenvalue weighted by Gasteiger charge is 2.24. The fraction of sp³-hybridized carbons (Fsp3) is 0.235. The lowest BCUT2D eigenvalue weighted by molar-refractivity contribution is -0.137. The largest absolute Gasteiger partial charge is 0.493 e. The van der Waals surface area contributed by atoms with Crippen molar-refractivity contribution in [2.24, 2.45) is 0 Å². The highest BCUT2D eigenvalue weighted by atomic mass is 16.5. The fourth-order valence-electron chi connectivity index (χ4n) is 4.78. The molecule has 0 saturated heterocycles. The van der Waals surface area contributed by atoms with Gasteiger partial charge in [0, 0.05) is 37.5 Å². The highest BCUT2D eigenvalue weighted by Crippen LogP contribution is 2.31. The fourth-order valence-corrected chi connectivity index (χ4v) is 4.78. The Balaban J connectivity index is 1.65. The van der Waals surface area contributed by atoms with Crippen LogP contribution in [0, 0.1) is 0 Å². The Bertz CT molecular complexity index is 1570. The molecule has 9 nitrogen and oxygen atoms in total. The molecule has 4 rings (SSSR count). The van der Waals surface area contributed by atoms with Crippen molar-refractivity contribution >= 4 is 23.5 Å². The van der Waals surface area contributed by atoms with Crippen LogP contribution in [-0.4, -0.2) is 66.6 Å². The van der Waals surface area contributed by atoms with E-state index >= 15 is 0 Å². The molecule has 0 fully saturated rings. The molecule has 0 spiro atoms. The average Bonchev–Trinajstić information content (AvgIpc) is 3.04. The molecule has 1 heterocycles. The molecule has 1 aromatic heterocycles. The quantitative estimate of drug-likeness (QED) is 0.219. The lowest BCUT2D eigenvalue weighted by Crippen LogP contribution is -2.35. The van der Waals surface area contributed by atoms with Crippen LogP contribution in [-0.2, 0) is 11.2 Å². The molecule has 1 N–H and O–H groups in total. The lowest BCUT2D eigenvalue weighted by Gasteiger charge is -2.24. The second-order valence-corrected chi connectivity index (χ2v) is 9.77. The maximum absolute atomic E-state index is 14.1. The number of carboxylic acid groups (broad SMARTS) is 1. The number of aromatic nitrogens is 1. The summed E-state index contributed by atoms with van der Waals surface area (Å²) in [6.45, 7) is 2.70. The summed E-state index contributed by atoms with van der Waals surface area (Å²) >= 11 is 0. The first kappa shape index (κ1) is 30.8. The van der Waals surface area contributed by atoms with Crippen molar-refractivity contribution in [2.75, 3.05) is 38.8 Å². The monoisotopic (exact) mass is 581 g/mol. The summed E-state index contributed by atoms with van der Waals surface area (Å²) in [5.41, 5.74) is 3.53. The number of carbonyl (C=O) groups excluding carboxylic acids is 2. The zero-order chi connectivity index (χ0) is 30.8. The van der Waals surface area contributed by atoms with Gasteiger partial charge in [0.15, 0.2) is 11.5 Å². The molecule has 222 valence electrons. The van der Waals surface area contributed by atoms with Gasteiger partial charge >= 0.3 is 5.97 Å². The number of carboxylic acids is 1. The molecule has 0 bridgehead atoms. The van der Waals surface area contributed by atoms with Gasteiger partial charge in [-0.1, -0.05) is 42.5 Å². The second kappa shape index (κ2) is 14.6. The van der Waals surface area contributed by atoms with E-state index in [1.54, 1.807) is 73.9 Å². The van der Waals surface area contributed by atoms with Crippen molar-refractivity contribution in [3.63, 3.8) is 0 Å². The summed E-state index contributed by atoms with van der Waals surface area (Å²) in [6.07, 6.45) is 3.52. The topological polar surface area (TPSA) is 109 Å². The number of aliphatic carboxylic acids is 1. The van der Waals surface area contributed by atoms with E-state index in [4.69, 9.17) is 9.47 Å².